The van der Waals surface area contributed by atoms with E-state index in [4.69, 9.17) is 37.0 Å². The fraction of sp³-hybridized carbons (Fsp3) is 0.596. The average Bonchev–Trinajstić information content (AvgIpc) is 0.886. The van der Waals surface area contributed by atoms with Gasteiger partial charge in [0.05, 0.1) is 26.4 Å². The summed E-state index contributed by atoms with van der Waals surface area (Å²) < 4.78 is 68.5. The zero-order chi connectivity index (χ0) is 78.9. The van der Waals surface area contributed by atoms with Crippen molar-refractivity contribution < 1.29 is 80.2 Å². The lowest BCUT2D eigenvalue weighted by molar-refractivity contribution is -0.161. The minimum atomic E-state index is -5.02. The van der Waals surface area contributed by atoms with Crippen molar-refractivity contribution >= 4 is 39.5 Å². The molecule has 0 saturated heterocycles. The molecule has 0 saturated carbocycles. The summed E-state index contributed by atoms with van der Waals surface area (Å²) >= 11 is 0. The molecule has 5 atom stereocenters. The number of aliphatic hydroxyl groups is 1. The number of rotatable bonds is 74. The van der Waals surface area contributed by atoms with Gasteiger partial charge in [0, 0.05) is 25.7 Å². The first kappa shape index (κ1) is 102. The van der Waals surface area contributed by atoms with E-state index in [-0.39, 0.29) is 25.7 Å². The fourth-order valence-corrected chi connectivity index (χ4v) is 11.6. The second-order valence-electron chi connectivity index (χ2n) is 26.2. The van der Waals surface area contributed by atoms with E-state index >= 15 is 0 Å². The van der Waals surface area contributed by atoms with Crippen LogP contribution in [0.25, 0.3) is 0 Å². The standard InChI is InChI=1S/C89H142O17P2/c1-5-9-13-17-21-25-29-33-36-39-41-44-46-50-53-57-61-65-69-73-86(91)99-79-84(105-88(93)75-71-67-63-59-55-49-32-28-24-20-16-12-8-4)81-103-107(95,96)101-77-83(90)78-102-108(97,98)104-82-85(106-89(94)76-72-68-64-60-56-52-48-43-38-35-31-27-23-19-15-11-7-3)80-100-87(92)74-70-66-62-58-54-51-47-45-42-40-37-34-30-26-22-18-14-10-6-2/h9-11,13-15,21-23,25-28,32-38,41-42,44-45,48,51-52,54,60,62,64,66,83-85,90H,5-8,12,16-20,24,29-31,39-40,43,46-47,49-50,53,55-59,61,63,65,67-82H2,1-4H3,(H,95,96)(H,97,98)/b13-9-,14-10-,15-11-,25-21-,26-22-,27-23-,32-28-,36-33-,37-34-,38-35-,44-41-,45-42-,52-48-,54-51-,64-60-,66-62-. The fourth-order valence-electron chi connectivity index (χ4n) is 9.97. The van der Waals surface area contributed by atoms with Gasteiger partial charge in [0.2, 0.25) is 0 Å². The van der Waals surface area contributed by atoms with Crippen LogP contribution in [0.2, 0.25) is 0 Å². The molecule has 0 aliphatic rings. The SMILES string of the molecule is CC/C=C\C/C=C\C/C=C\C/C=C\C/C=C\C/C=C\CCC(=O)OCC(COP(=O)(O)OCC(O)COP(=O)(O)OCC(COC(=O)CCCCCCCC/C=C\C/C=C\C/C=C\C/C=C\CC)OC(=O)CCCCCCC/C=C\CCCCCC)OC(=O)CCC/C=C\C/C=C\C/C=C\C/C=C\C/C=C\CC. The van der Waals surface area contributed by atoms with Crippen molar-refractivity contribution in [2.45, 2.75) is 303 Å². The lowest BCUT2D eigenvalue weighted by Crippen LogP contribution is -2.30. The molecule has 0 aromatic rings. The van der Waals surface area contributed by atoms with Gasteiger partial charge in [-0.25, -0.2) is 9.13 Å². The third-order valence-corrected chi connectivity index (χ3v) is 17.9. The molecule has 0 spiro atoms. The summed E-state index contributed by atoms with van der Waals surface area (Å²) in [4.78, 5) is 73.1. The number of unbranched alkanes of at least 4 members (excludes halogenated alkanes) is 16. The molecule has 19 heteroatoms. The third-order valence-electron chi connectivity index (χ3n) is 16.0. The zero-order valence-electron chi connectivity index (χ0n) is 66.7. The molecule has 0 bridgehead atoms. The predicted molar refractivity (Wildman–Crippen MR) is 445 cm³/mol. The summed E-state index contributed by atoms with van der Waals surface area (Å²) in [7, 11) is -10.0. The molecule has 0 fully saturated rings. The lowest BCUT2D eigenvalue weighted by atomic mass is 10.1. The molecule has 0 aromatic carbocycles. The molecular weight excluding hydrogens is 1400 g/mol. The molecule has 108 heavy (non-hydrogen) atoms. The third kappa shape index (κ3) is 78.0. The van der Waals surface area contributed by atoms with Gasteiger partial charge in [0.1, 0.15) is 19.3 Å². The Morgan fingerprint density at radius 3 is 0.843 bits per heavy atom. The minimum absolute atomic E-state index is 0.00737. The van der Waals surface area contributed by atoms with E-state index in [1.54, 1.807) is 0 Å². The molecule has 0 aliphatic heterocycles. The van der Waals surface area contributed by atoms with E-state index in [1.165, 1.54) is 25.7 Å². The maximum Gasteiger partial charge on any atom is 0.472 e. The lowest BCUT2D eigenvalue weighted by Gasteiger charge is -2.21. The second kappa shape index (κ2) is 79.0. The van der Waals surface area contributed by atoms with E-state index in [9.17, 15) is 43.2 Å². The molecule has 610 valence electrons. The van der Waals surface area contributed by atoms with Gasteiger partial charge < -0.3 is 33.8 Å². The van der Waals surface area contributed by atoms with Gasteiger partial charge in [-0.15, -0.1) is 0 Å². The number of phosphoric acid groups is 2. The van der Waals surface area contributed by atoms with Crippen LogP contribution in [0.3, 0.4) is 0 Å². The Labute approximate surface area is 653 Å². The van der Waals surface area contributed by atoms with Crippen LogP contribution in [-0.4, -0.2) is 96.7 Å². The highest BCUT2D eigenvalue weighted by molar-refractivity contribution is 7.47. The highest BCUT2D eigenvalue weighted by atomic mass is 31.2. The van der Waals surface area contributed by atoms with E-state index in [1.807, 2.05) is 30.4 Å². The first-order valence-corrected chi connectivity index (χ1v) is 43.7. The summed E-state index contributed by atoms with van der Waals surface area (Å²) in [5, 5.41) is 10.7. The summed E-state index contributed by atoms with van der Waals surface area (Å²) in [6, 6.07) is 0. The normalized spacial score (nSPS) is 14.8. The van der Waals surface area contributed by atoms with Crippen LogP contribution >= 0.6 is 15.6 Å². The molecule has 0 radical (unpaired) electrons. The summed E-state index contributed by atoms with van der Waals surface area (Å²) in [6.45, 7) is 4.32. The Balaban J connectivity index is 5.51. The van der Waals surface area contributed by atoms with Crippen LogP contribution in [0.4, 0.5) is 0 Å². The number of esters is 4. The molecule has 17 nitrogen and oxygen atoms in total. The Kier molecular flexibility index (Phi) is 74.5. The maximum absolute atomic E-state index is 13.1. The number of carbonyl (C=O) groups excluding carboxylic acids is 4. The zero-order valence-corrected chi connectivity index (χ0v) is 68.5. The number of hydrogen-bond donors (Lipinski definition) is 3. The molecule has 0 aliphatic carbocycles. The number of hydrogen-bond acceptors (Lipinski definition) is 15. The quantitative estimate of drug-likeness (QED) is 0.0169. The number of carbonyl (C=O) groups is 4. The molecule has 5 unspecified atom stereocenters. The summed E-state index contributed by atoms with van der Waals surface area (Å²) in [5.41, 5.74) is 0. The van der Waals surface area contributed by atoms with Gasteiger partial charge in [-0.2, -0.15) is 0 Å². The van der Waals surface area contributed by atoms with Crippen molar-refractivity contribution in [1.29, 1.82) is 0 Å². The van der Waals surface area contributed by atoms with Crippen LogP contribution in [0.5, 0.6) is 0 Å². The van der Waals surface area contributed by atoms with Crippen LogP contribution in [-0.2, 0) is 65.4 Å². The van der Waals surface area contributed by atoms with E-state index in [0.717, 1.165) is 167 Å². The van der Waals surface area contributed by atoms with E-state index in [2.05, 4.69) is 192 Å². The number of allylic oxidation sites excluding steroid dienone is 32. The van der Waals surface area contributed by atoms with Crippen LogP contribution in [0.1, 0.15) is 285 Å². The summed E-state index contributed by atoms with van der Waals surface area (Å²) in [6.07, 6.45) is 97.2. The van der Waals surface area contributed by atoms with E-state index < -0.39 is 97.5 Å². The van der Waals surface area contributed by atoms with Crippen molar-refractivity contribution in [2.24, 2.45) is 0 Å². The van der Waals surface area contributed by atoms with Gasteiger partial charge in [-0.3, -0.25) is 37.3 Å². The molecular formula is C89H142O17P2. The monoisotopic (exact) mass is 1540 g/mol. The second-order valence-corrected chi connectivity index (χ2v) is 29.1. The maximum atomic E-state index is 13.1. The van der Waals surface area contributed by atoms with Crippen molar-refractivity contribution in [3.05, 3.63) is 194 Å². The van der Waals surface area contributed by atoms with Crippen molar-refractivity contribution in [3.63, 3.8) is 0 Å². The smallest absolute Gasteiger partial charge is 0.462 e. The number of aliphatic hydroxyl groups excluding tert-OH is 1. The highest BCUT2D eigenvalue weighted by Crippen LogP contribution is 2.45. The number of phosphoric ester groups is 2. The van der Waals surface area contributed by atoms with Gasteiger partial charge >= 0.3 is 39.5 Å². The Morgan fingerprint density at radius 2 is 0.509 bits per heavy atom. The van der Waals surface area contributed by atoms with Crippen LogP contribution in [0.15, 0.2) is 194 Å². The molecule has 0 amide bonds. The molecule has 3 N–H and O–H groups in total. The molecule has 0 heterocycles. The number of ether oxygens (including phenoxy) is 4. The molecule has 0 rings (SSSR count). The van der Waals surface area contributed by atoms with Crippen molar-refractivity contribution in [2.75, 3.05) is 39.6 Å². The van der Waals surface area contributed by atoms with Crippen LogP contribution in [0, 0.1) is 0 Å². The Morgan fingerprint density at radius 1 is 0.269 bits per heavy atom. The largest absolute Gasteiger partial charge is 0.472 e. The van der Waals surface area contributed by atoms with Gasteiger partial charge in [-0.1, -0.05) is 286 Å². The van der Waals surface area contributed by atoms with Crippen molar-refractivity contribution in [1.82, 2.24) is 0 Å². The average molecular weight is 1550 g/mol. The first-order valence-electron chi connectivity index (χ1n) is 40.7. The topological polar surface area (TPSA) is 237 Å². The van der Waals surface area contributed by atoms with Crippen LogP contribution < -0.4 is 0 Å². The minimum Gasteiger partial charge on any atom is -0.462 e. The highest BCUT2D eigenvalue weighted by Gasteiger charge is 2.30. The van der Waals surface area contributed by atoms with Gasteiger partial charge in [-0.05, 0) is 167 Å². The van der Waals surface area contributed by atoms with Crippen molar-refractivity contribution in [3.8, 4) is 0 Å². The first-order chi connectivity index (χ1) is 52.7. The Bertz CT molecular complexity index is 2810. The van der Waals surface area contributed by atoms with Gasteiger partial charge in [0.15, 0.2) is 12.2 Å². The summed E-state index contributed by atoms with van der Waals surface area (Å²) in [5.74, 6) is -2.38. The van der Waals surface area contributed by atoms with E-state index in [0.29, 0.717) is 38.5 Å². The van der Waals surface area contributed by atoms with Gasteiger partial charge in [0.25, 0.3) is 0 Å². The Hall–Kier alpha value is -6.10. The predicted octanol–water partition coefficient (Wildman–Crippen LogP) is 24.1. The molecule has 0 aromatic heterocycles.